The topological polar surface area (TPSA) is 43.1 Å². The number of nitrogens with zero attached hydrogens (tertiary/aromatic N) is 1. The maximum absolute atomic E-state index is 10.4. The number of hydrogen-bond acceptors (Lipinski definition) is 2. The lowest BCUT2D eigenvalue weighted by molar-refractivity contribution is -0.384. The van der Waals surface area contributed by atoms with E-state index in [1.54, 1.807) is 12.1 Å². The quantitative estimate of drug-likeness (QED) is 0.544. The molecule has 0 N–H and O–H groups in total. The summed E-state index contributed by atoms with van der Waals surface area (Å²) in [6.07, 6.45) is 5.06. The van der Waals surface area contributed by atoms with Gasteiger partial charge in [-0.25, -0.2) is 0 Å². The largest absolute Gasteiger partial charge is 0.269 e. The Morgan fingerprint density at radius 3 is 2.36 bits per heavy atom. The van der Waals surface area contributed by atoms with Crippen LogP contribution in [0.4, 0.5) is 5.69 Å². The molecule has 74 valence electrons. The Balaban J connectivity index is 2.01. The number of benzene rings is 1. The van der Waals surface area contributed by atoms with Crippen LogP contribution in [0, 0.1) is 16.0 Å². The molecule has 14 heavy (non-hydrogen) atoms. The number of nitro groups is 1. The second-order valence-electron chi connectivity index (χ2n) is 3.92. The molecule has 1 aromatic rings. The van der Waals surface area contributed by atoms with Crippen LogP contribution in [-0.4, -0.2) is 4.92 Å². The molecule has 2 rings (SSSR count). The fourth-order valence-electron chi connectivity index (χ4n) is 1.78. The van der Waals surface area contributed by atoms with Gasteiger partial charge in [0.15, 0.2) is 0 Å². The number of nitro benzene ring substituents is 1. The minimum absolute atomic E-state index is 0.183. The predicted molar refractivity (Wildman–Crippen MR) is 54.1 cm³/mol. The molecule has 0 heterocycles. The summed E-state index contributed by atoms with van der Waals surface area (Å²) in [5, 5.41) is 10.4. The van der Waals surface area contributed by atoms with Gasteiger partial charge in [-0.3, -0.25) is 10.1 Å². The molecule has 0 saturated heterocycles. The summed E-state index contributed by atoms with van der Waals surface area (Å²) >= 11 is 0. The Hall–Kier alpha value is -1.38. The van der Waals surface area contributed by atoms with E-state index in [1.165, 1.54) is 24.8 Å². The Morgan fingerprint density at radius 1 is 1.29 bits per heavy atom. The predicted octanol–water partition coefficient (Wildman–Crippen LogP) is 2.94. The van der Waals surface area contributed by atoms with Gasteiger partial charge in [-0.15, -0.1) is 0 Å². The van der Waals surface area contributed by atoms with Crippen molar-refractivity contribution in [3.05, 3.63) is 39.9 Å². The van der Waals surface area contributed by atoms with Crippen LogP contribution in [0.5, 0.6) is 0 Å². The average Bonchev–Trinajstić information content (AvgIpc) is 2.12. The molecule has 0 unspecified atom stereocenters. The second kappa shape index (κ2) is 3.78. The Morgan fingerprint density at radius 2 is 1.93 bits per heavy atom. The van der Waals surface area contributed by atoms with E-state index >= 15 is 0 Å². The van der Waals surface area contributed by atoms with Crippen LogP contribution in [0.15, 0.2) is 24.3 Å². The van der Waals surface area contributed by atoms with E-state index in [1.807, 2.05) is 12.1 Å². The highest BCUT2D eigenvalue weighted by molar-refractivity contribution is 5.33. The van der Waals surface area contributed by atoms with E-state index in [2.05, 4.69) is 0 Å². The zero-order valence-corrected chi connectivity index (χ0v) is 7.98. The normalized spacial score (nSPS) is 16.3. The van der Waals surface area contributed by atoms with Crippen LogP contribution < -0.4 is 0 Å². The van der Waals surface area contributed by atoms with Crippen molar-refractivity contribution in [2.75, 3.05) is 0 Å². The molecule has 3 heteroatoms. The van der Waals surface area contributed by atoms with Crippen molar-refractivity contribution >= 4 is 5.69 Å². The molecule has 1 aliphatic carbocycles. The van der Waals surface area contributed by atoms with Crippen LogP contribution >= 0.6 is 0 Å². The molecule has 3 nitrogen and oxygen atoms in total. The molecule has 1 fully saturated rings. The first kappa shape index (κ1) is 9.19. The van der Waals surface area contributed by atoms with Crippen LogP contribution in [0.25, 0.3) is 0 Å². The fourth-order valence-corrected chi connectivity index (χ4v) is 1.78. The summed E-state index contributed by atoms with van der Waals surface area (Å²) in [6.45, 7) is 0. The molecule has 0 aliphatic heterocycles. The highest BCUT2D eigenvalue weighted by atomic mass is 16.6. The van der Waals surface area contributed by atoms with Gasteiger partial charge in [0.25, 0.3) is 5.69 Å². The van der Waals surface area contributed by atoms with Crippen molar-refractivity contribution in [3.63, 3.8) is 0 Å². The first-order valence-corrected chi connectivity index (χ1v) is 4.99. The van der Waals surface area contributed by atoms with Crippen molar-refractivity contribution in [2.45, 2.75) is 25.7 Å². The molecule has 1 aromatic carbocycles. The Kier molecular flexibility index (Phi) is 2.48. The summed E-state index contributed by atoms with van der Waals surface area (Å²) in [5.74, 6) is 0.816. The van der Waals surface area contributed by atoms with Crippen molar-refractivity contribution < 1.29 is 4.92 Å². The van der Waals surface area contributed by atoms with Gasteiger partial charge in [0.2, 0.25) is 0 Å². The van der Waals surface area contributed by atoms with Gasteiger partial charge >= 0.3 is 0 Å². The van der Waals surface area contributed by atoms with Gasteiger partial charge in [0.1, 0.15) is 0 Å². The van der Waals surface area contributed by atoms with Crippen molar-refractivity contribution in [1.82, 2.24) is 0 Å². The number of hydrogen-bond donors (Lipinski definition) is 0. The number of rotatable bonds is 3. The maximum Gasteiger partial charge on any atom is 0.269 e. The number of non-ortho nitro benzene ring substituents is 1. The zero-order valence-electron chi connectivity index (χ0n) is 7.98. The fraction of sp³-hybridized carbons (Fsp3) is 0.455. The summed E-state index contributed by atoms with van der Waals surface area (Å²) in [5.41, 5.74) is 1.41. The van der Waals surface area contributed by atoms with E-state index in [4.69, 9.17) is 0 Å². The van der Waals surface area contributed by atoms with Gasteiger partial charge in [-0.2, -0.15) is 0 Å². The maximum atomic E-state index is 10.4. The van der Waals surface area contributed by atoms with Gasteiger partial charge in [-0.1, -0.05) is 31.4 Å². The summed E-state index contributed by atoms with van der Waals surface area (Å²) in [4.78, 5) is 10.1. The molecule has 0 aromatic heterocycles. The highest BCUT2D eigenvalue weighted by Gasteiger charge is 2.17. The minimum atomic E-state index is -0.354. The van der Waals surface area contributed by atoms with Crippen LogP contribution in [0.3, 0.4) is 0 Å². The zero-order chi connectivity index (χ0) is 9.97. The lowest BCUT2D eigenvalue weighted by atomic mass is 9.81. The van der Waals surface area contributed by atoms with Gasteiger partial charge in [0, 0.05) is 12.1 Å². The smallest absolute Gasteiger partial charge is 0.258 e. The molecular formula is C11H13NO2. The third-order valence-corrected chi connectivity index (χ3v) is 2.90. The summed E-state index contributed by atoms with van der Waals surface area (Å²) in [7, 11) is 0. The van der Waals surface area contributed by atoms with Crippen LogP contribution in [0.2, 0.25) is 0 Å². The second-order valence-corrected chi connectivity index (χ2v) is 3.92. The lowest BCUT2D eigenvalue weighted by Crippen LogP contribution is -2.13. The van der Waals surface area contributed by atoms with E-state index in [9.17, 15) is 10.1 Å². The van der Waals surface area contributed by atoms with Crippen molar-refractivity contribution in [2.24, 2.45) is 5.92 Å². The molecule has 0 radical (unpaired) electrons. The molecular weight excluding hydrogens is 178 g/mol. The molecule has 0 amide bonds. The van der Waals surface area contributed by atoms with Crippen LogP contribution in [0.1, 0.15) is 24.8 Å². The monoisotopic (exact) mass is 191 g/mol. The minimum Gasteiger partial charge on any atom is -0.258 e. The molecule has 0 spiro atoms. The van der Waals surface area contributed by atoms with E-state index in [0.29, 0.717) is 0 Å². The molecule has 1 saturated carbocycles. The average molecular weight is 191 g/mol. The van der Waals surface area contributed by atoms with E-state index in [-0.39, 0.29) is 10.6 Å². The van der Waals surface area contributed by atoms with Gasteiger partial charge in [-0.05, 0) is 17.9 Å². The van der Waals surface area contributed by atoms with Crippen molar-refractivity contribution in [3.8, 4) is 0 Å². The molecule has 0 bridgehead atoms. The van der Waals surface area contributed by atoms with Gasteiger partial charge < -0.3 is 0 Å². The van der Waals surface area contributed by atoms with Crippen molar-refractivity contribution in [1.29, 1.82) is 0 Å². The highest BCUT2D eigenvalue weighted by Crippen LogP contribution is 2.30. The summed E-state index contributed by atoms with van der Waals surface area (Å²) < 4.78 is 0. The SMILES string of the molecule is O=[N+]([O-])c1ccc(CC2CCC2)cc1. The first-order chi connectivity index (χ1) is 6.75. The lowest BCUT2D eigenvalue weighted by Gasteiger charge is -2.25. The third kappa shape index (κ3) is 1.92. The summed E-state index contributed by atoms with van der Waals surface area (Å²) in [6, 6.07) is 6.93. The first-order valence-electron chi connectivity index (χ1n) is 4.99. The van der Waals surface area contributed by atoms with Crippen LogP contribution in [-0.2, 0) is 6.42 Å². The van der Waals surface area contributed by atoms with Gasteiger partial charge in [0.05, 0.1) is 4.92 Å². The molecule has 0 atom stereocenters. The standard InChI is InChI=1S/C11H13NO2/c13-12(14)11-6-4-10(5-7-11)8-9-2-1-3-9/h4-7,9H,1-3,8H2. The molecule has 1 aliphatic rings. The van der Waals surface area contributed by atoms with E-state index < -0.39 is 0 Å². The Labute approximate surface area is 82.9 Å². The van der Waals surface area contributed by atoms with E-state index in [0.717, 1.165) is 12.3 Å². The Bertz CT molecular complexity index is 328. The third-order valence-electron chi connectivity index (χ3n) is 2.90.